The van der Waals surface area contributed by atoms with E-state index < -0.39 is 0 Å². The van der Waals surface area contributed by atoms with Crippen molar-refractivity contribution < 1.29 is 66.3 Å². The van der Waals surface area contributed by atoms with Gasteiger partial charge in [-0.1, -0.05) is 6.07 Å². The zero-order chi connectivity index (χ0) is 49.2. The first-order valence-corrected chi connectivity index (χ1v) is 22.2. The number of hydrogen-bond donors (Lipinski definition) is 0. The van der Waals surface area contributed by atoms with E-state index >= 15 is 0 Å². The van der Waals surface area contributed by atoms with Gasteiger partial charge in [-0.05, 0) is 118 Å². The van der Waals surface area contributed by atoms with Crippen LogP contribution in [0.2, 0.25) is 0 Å². The third-order valence-corrected chi connectivity index (χ3v) is 10.8. The van der Waals surface area contributed by atoms with Crippen LogP contribution in [0.25, 0.3) is 0 Å². The van der Waals surface area contributed by atoms with Crippen LogP contribution in [0.15, 0.2) is 133 Å². The molecule has 0 aliphatic rings. The van der Waals surface area contributed by atoms with Crippen molar-refractivity contribution in [1.29, 1.82) is 0 Å². The molecule has 0 aliphatic carbocycles. The molecule has 14 nitrogen and oxygen atoms in total. The summed E-state index contributed by atoms with van der Waals surface area (Å²) in [5, 5.41) is 0. The second kappa shape index (κ2) is 24.7. The third kappa shape index (κ3) is 14.4. The highest BCUT2D eigenvalue weighted by atomic mass is 16.5. The highest BCUT2D eigenvalue weighted by molar-refractivity contribution is 5.45. The average Bonchev–Trinajstić information content (AvgIpc) is 3.41. The molecule has 366 valence electrons. The molecule has 14 heteroatoms. The van der Waals surface area contributed by atoms with Crippen molar-refractivity contribution in [3.05, 3.63) is 167 Å². The second-order valence-corrected chi connectivity index (χ2v) is 15.7. The summed E-state index contributed by atoms with van der Waals surface area (Å²) >= 11 is 0. The van der Waals surface area contributed by atoms with Crippen LogP contribution in [0.4, 0.5) is 0 Å². The molecule has 0 radical (unpaired) electrons. The van der Waals surface area contributed by atoms with Crippen LogP contribution >= 0.6 is 0 Å². The molecule has 7 aromatic rings. The van der Waals surface area contributed by atoms with Gasteiger partial charge in [-0.15, -0.1) is 0 Å². The van der Waals surface area contributed by atoms with Gasteiger partial charge < -0.3 is 66.3 Å². The van der Waals surface area contributed by atoms with Crippen LogP contribution in [0, 0.1) is 0 Å². The Morgan fingerprint density at radius 2 is 0.357 bits per heavy atom. The first kappa shape index (κ1) is 49.6. The zero-order valence-corrected chi connectivity index (χ0v) is 40.7. The lowest BCUT2D eigenvalue weighted by molar-refractivity contribution is 0.275. The molecule has 0 spiro atoms. The van der Waals surface area contributed by atoms with Crippen molar-refractivity contribution in [2.24, 2.45) is 0 Å². The summed E-state index contributed by atoms with van der Waals surface area (Å²) in [7, 11) is 12.9. The molecule has 0 fully saturated rings. The number of hydrogen-bond acceptors (Lipinski definition) is 14. The number of ether oxygens (including phenoxy) is 14. The second-order valence-electron chi connectivity index (χ2n) is 15.7. The van der Waals surface area contributed by atoms with Crippen LogP contribution in [-0.2, 0) is 39.6 Å². The third-order valence-electron chi connectivity index (χ3n) is 10.8. The lowest BCUT2D eigenvalue weighted by Gasteiger charge is -2.15. The SMILES string of the molecule is COc1cc(COc2cc(COc3cccc(OCc4cc(OCc5cc(OC)cc(OC)c5)cc(OCc5cc(OC)cc(OC)c5)c4)c3)cc(OCc3cc(OC)cc(OC)c3)c2)cc(OC)c1. The van der Waals surface area contributed by atoms with Gasteiger partial charge in [0.2, 0.25) is 0 Å². The highest BCUT2D eigenvalue weighted by Gasteiger charge is 2.13. The van der Waals surface area contributed by atoms with Gasteiger partial charge in [0.25, 0.3) is 0 Å². The summed E-state index contributed by atoms with van der Waals surface area (Å²) in [5.74, 6) is 8.82. The maximum absolute atomic E-state index is 6.36. The standard InChI is InChI=1S/C56H58O14/c1-57-45-12-37(13-46(25-45)58-2)33-67-53-20-41(21-54(29-53)68-34-38-14-47(59-3)26-48(15-38)60-4)31-65-43-10-9-11-44(24-43)66-32-42-22-55(69-35-39-16-49(61-5)27-50(17-39)62-6)30-56(23-42)70-36-40-18-51(63-7)28-52(19-40)64-8/h9-30H,31-36H2,1-8H3. The summed E-state index contributed by atoms with van der Waals surface area (Å²) in [6.07, 6.45) is 0. The first-order chi connectivity index (χ1) is 34.2. The molecule has 0 saturated heterocycles. The van der Waals surface area contributed by atoms with Crippen LogP contribution in [0.5, 0.6) is 80.5 Å². The molecule has 0 bridgehead atoms. The fraction of sp³-hybridized carbons (Fsp3) is 0.250. The van der Waals surface area contributed by atoms with Crippen molar-refractivity contribution in [2.45, 2.75) is 39.6 Å². The number of benzene rings is 7. The Labute approximate surface area is 408 Å². The highest BCUT2D eigenvalue weighted by Crippen LogP contribution is 2.32. The van der Waals surface area contributed by atoms with Crippen molar-refractivity contribution >= 4 is 0 Å². The summed E-state index contributed by atoms with van der Waals surface area (Å²) in [6.45, 7) is 1.41. The molecule has 70 heavy (non-hydrogen) atoms. The van der Waals surface area contributed by atoms with Crippen LogP contribution in [0.1, 0.15) is 33.4 Å². The normalized spacial score (nSPS) is 10.6. The quantitative estimate of drug-likeness (QED) is 0.0510. The van der Waals surface area contributed by atoms with E-state index in [1.165, 1.54) is 0 Å². The summed E-state index contributed by atoms with van der Waals surface area (Å²) < 4.78 is 81.8. The zero-order valence-electron chi connectivity index (χ0n) is 40.7. The Hall–Kier alpha value is -8.26. The smallest absolute Gasteiger partial charge is 0.123 e. The van der Waals surface area contributed by atoms with Gasteiger partial charge in [-0.25, -0.2) is 0 Å². The minimum absolute atomic E-state index is 0.204. The van der Waals surface area contributed by atoms with Gasteiger partial charge >= 0.3 is 0 Å². The molecule has 0 aliphatic heterocycles. The fourth-order valence-electron chi connectivity index (χ4n) is 7.21. The predicted molar refractivity (Wildman–Crippen MR) is 264 cm³/mol. The van der Waals surface area contributed by atoms with E-state index in [1.54, 1.807) is 56.9 Å². The molecule has 0 aromatic heterocycles. The molecule has 0 saturated carbocycles. The lowest BCUT2D eigenvalue weighted by Crippen LogP contribution is -2.03. The molecule has 0 N–H and O–H groups in total. The molecule has 0 amide bonds. The first-order valence-electron chi connectivity index (χ1n) is 22.2. The van der Waals surface area contributed by atoms with E-state index in [4.69, 9.17) is 66.3 Å². The molecular weight excluding hydrogens is 897 g/mol. The predicted octanol–water partition coefficient (Wildman–Crippen LogP) is 11.2. The van der Waals surface area contributed by atoms with Gasteiger partial charge in [-0.2, -0.15) is 0 Å². The monoisotopic (exact) mass is 954 g/mol. The Bertz CT molecular complexity index is 2380. The van der Waals surface area contributed by atoms with E-state index in [2.05, 4.69) is 0 Å². The lowest BCUT2D eigenvalue weighted by atomic mass is 10.2. The van der Waals surface area contributed by atoms with Crippen molar-refractivity contribution in [3.63, 3.8) is 0 Å². The minimum atomic E-state index is 0.204. The Morgan fingerprint density at radius 1 is 0.200 bits per heavy atom. The summed E-state index contributed by atoms with van der Waals surface area (Å²) in [5.41, 5.74) is 5.10. The van der Waals surface area contributed by atoms with Gasteiger partial charge in [0.1, 0.15) is 120 Å². The van der Waals surface area contributed by atoms with Gasteiger partial charge in [-0.3, -0.25) is 0 Å². The topological polar surface area (TPSA) is 129 Å². The van der Waals surface area contributed by atoms with Crippen LogP contribution in [0.3, 0.4) is 0 Å². The summed E-state index contributed by atoms with van der Waals surface area (Å²) in [6, 6.07) is 41.3. The number of methoxy groups -OCH3 is 8. The van der Waals surface area contributed by atoms with E-state index in [0.717, 1.165) is 33.4 Å². The Morgan fingerprint density at radius 3 is 0.557 bits per heavy atom. The van der Waals surface area contributed by atoms with E-state index in [9.17, 15) is 0 Å². The van der Waals surface area contributed by atoms with E-state index in [0.29, 0.717) is 80.5 Å². The fourth-order valence-corrected chi connectivity index (χ4v) is 7.21. The van der Waals surface area contributed by atoms with Crippen LogP contribution in [-0.4, -0.2) is 56.9 Å². The maximum Gasteiger partial charge on any atom is 0.123 e. The largest absolute Gasteiger partial charge is 0.497 e. The summed E-state index contributed by atoms with van der Waals surface area (Å²) in [4.78, 5) is 0. The van der Waals surface area contributed by atoms with Gasteiger partial charge in [0.05, 0.1) is 56.9 Å². The molecular formula is C56H58O14. The average molecular weight is 955 g/mol. The molecule has 0 atom stereocenters. The van der Waals surface area contributed by atoms with Gasteiger partial charge in [0, 0.05) is 42.5 Å². The van der Waals surface area contributed by atoms with Crippen molar-refractivity contribution in [2.75, 3.05) is 56.9 Å². The molecule has 7 aromatic carbocycles. The van der Waals surface area contributed by atoms with Crippen molar-refractivity contribution in [1.82, 2.24) is 0 Å². The van der Waals surface area contributed by atoms with Gasteiger partial charge in [0.15, 0.2) is 0 Å². The van der Waals surface area contributed by atoms with Crippen molar-refractivity contribution in [3.8, 4) is 80.5 Å². The molecule has 7 rings (SSSR count). The molecule has 0 unspecified atom stereocenters. The Kier molecular flexibility index (Phi) is 17.5. The molecule has 0 heterocycles. The van der Waals surface area contributed by atoms with Crippen LogP contribution < -0.4 is 66.3 Å². The Balaban J connectivity index is 1.07. The minimum Gasteiger partial charge on any atom is -0.497 e. The maximum atomic E-state index is 6.36. The number of rotatable bonds is 26. The van der Waals surface area contributed by atoms with E-state index in [-0.39, 0.29) is 39.6 Å². The van der Waals surface area contributed by atoms with E-state index in [1.807, 2.05) is 133 Å².